The quantitative estimate of drug-likeness (QED) is 0.380. The number of alkyl halides is 2. The van der Waals surface area contributed by atoms with Gasteiger partial charge in [0.05, 0.1) is 26.0 Å². The lowest BCUT2D eigenvalue weighted by molar-refractivity contribution is -0.0512. The van der Waals surface area contributed by atoms with Crippen LogP contribution < -0.4 is 14.4 Å². The Labute approximate surface area is 197 Å². The van der Waals surface area contributed by atoms with Crippen molar-refractivity contribution in [3.63, 3.8) is 0 Å². The highest BCUT2D eigenvalue weighted by molar-refractivity contribution is 7.17. The second-order valence-electron chi connectivity index (χ2n) is 6.89. The van der Waals surface area contributed by atoms with Gasteiger partial charge in [-0.2, -0.15) is 8.78 Å². The number of methoxy groups -OCH3 is 1. The summed E-state index contributed by atoms with van der Waals surface area (Å²) in [5.74, 6) is -1.91. The molecule has 0 unspecified atom stereocenters. The van der Waals surface area contributed by atoms with Gasteiger partial charge in [-0.3, -0.25) is 9.69 Å². The molecule has 1 heterocycles. The van der Waals surface area contributed by atoms with Gasteiger partial charge in [0.2, 0.25) is 0 Å². The Morgan fingerprint density at radius 1 is 1.12 bits per heavy atom. The summed E-state index contributed by atoms with van der Waals surface area (Å²) in [6, 6.07) is 9.36. The fourth-order valence-electron chi connectivity index (χ4n) is 3.04. The van der Waals surface area contributed by atoms with E-state index in [1.165, 1.54) is 48.4 Å². The highest BCUT2D eigenvalue weighted by atomic mass is 32.1. The van der Waals surface area contributed by atoms with Crippen LogP contribution in [0.5, 0.6) is 11.5 Å². The largest absolute Gasteiger partial charge is 0.493 e. The molecule has 0 aliphatic carbocycles. The molecule has 3 rings (SSSR count). The molecular weight excluding hydrogens is 473 g/mol. The lowest BCUT2D eigenvalue weighted by Gasteiger charge is -2.21. The summed E-state index contributed by atoms with van der Waals surface area (Å²) in [7, 11) is 1.28. The minimum Gasteiger partial charge on any atom is -0.493 e. The van der Waals surface area contributed by atoms with Gasteiger partial charge in [-0.1, -0.05) is 23.5 Å². The molecule has 0 aliphatic heterocycles. The minimum absolute atomic E-state index is 0.0177. The Kier molecular flexibility index (Phi) is 8.11. The molecule has 0 radical (unpaired) electrons. The number of nitrogens with zero attached hydrogens (tertiary/aromatic N) is 2. The molecule has 0 aliphatic rings. The minimum atomic E-state index is -3.12. The standard InChI is InChI=1S/C23H21F3N2O5S/c1-4-32-21(30)19-13(2)27-23(34-19)28(12-14-5-8-16(24)9-6-14)20(29)15-7-10-17(31-3)18(11-15)33-22(25)26/h5-11,22H,4,12H2,1-3H3. The van der Waals surface area contributed by atoms with Gasteiger partial charge in [-0.15, -0.1) is 0 Å². The van der Waals surface area contributed by atoms with E-state index >= 15 is 0 Å². The zero-order valence-electron chi connectivity index (χ0n) is 18.5. The summed E-state index contributed by atoms with van der Waals surface area (Å²) in [5, 5.41) is 0.182. The second-order valence-corrected chi connectivity index (χ2v) is 7.87. The van der Waals surface area contributed by atoms with Crippen molar-refractivity contribution in [2.75, 3.05) is 18.6 Å². The number of anilines is 1. The van der Waals surface area contributed by atoms with Gasteiger partial charge < -0.3 is 14.2 Å². The normalized spacial score (nSPS) is 10.8. The van der Waals surface area contributed by atoms with Crippen molar-refractivity contribution in [3.8, 4) is 11.5 Å². The smallest absolute Gasteiger partial charge is 0.387 e. The van der Waals surface area contributed by atoms with Crippen LogP contribution in [0.1, 0.15) is 38.2 Å². The van der Waals surface area contributed by atoms with Crippen molar-refractivity contribution in [1.29, 1.82) is 0 Å². The summed E-state index contributed by atoms with van der Waals surface area (Å²) in [6.45, 7) is 0.300. The molecule has 0 N–H and O–H groups in total. The molecule has 3 aromatic rings. The molecule has 0 bridgehead atoms. The average molecular weight is 494 g/mol. The van der Waals surface area contributed by atoms with Crippen LogP contribution in [0.4, 0.5) is 18.3 Å². The highest BCUT2D eigenvalue weighted by Crippen LogP contribution is 2.33. The number of rotatable bonds is 9. The lowest BCUT2D eigenvalue weighted by Crippen LogP contribution is -2.30. The zero-order valence-corrected chi connectivity index (χ0v) is 19.3. The first-order valence-electron chi connectivity index (χ1n) is 10.1. The number of hydrogen-bond donors (Lipinski definition) is 0. The molecule has 11 heteroatoms. The van der Waals surface area contributed by atoms with Gasteiger partial charge in [-0.25, -0.2) is 14.2 Å². The molecule has 2 aromatic carbocycles. The molecule has 7 nitrogen and oxygen atoms in total. The maximum Gasteiger partial charge on any atom is 0.387 e. The molecule has 0 saturated heterocycles. The van der Waals surface area contributed by atoms with Crippen molar-refractivity contribution in [2.45, 2.75) is 27.0 Å². The van der Waals surface area contributed by atoms with Gasteiger partial charge >= 0.3 is 12.6 Å². The number of aryl methyl sites for hydroxylation is 1. The number of amides is 1. The Morgan fingerprint density at radius 2 is 1.82 bits per heavy atom. The van der Waals surface area contributed by atoms with E-state index in [9.17, 15) is 22.8 Å². The number of aromatic nitrogens is 1. The van der Waals surface area contributed by atoms with Gasteiger partial charge in [0.25, 0.3) is 5.91 Å². The Bertz CT molecular complexity index is 1170. The van der Waals surface area contributed by atoms with Crippen LogP contribution in [-0.2, 0) is 11.3 Å². The number of carbonyl (C=O) groups excluding carboxylic acids is 2. The van der Waals surface area contributed by atoms with Gasteiger partial charge in [-0.05, 0) is 49.7 Å². The van der Waals surface area contributed by atoms with Gasteiger partial charge in [0, 0.05) is 5.56 Å². The van der Waals surface area contributed by atoms with E-state index in [0.29, 0.717) is 11.3 Å². The molecule has 180 valence electrons. The number of ether oxygens (including phenoxy) is 3. The van der Waals surface area contributed by atoms with E-state index in [0.717, 1.165) is 17.4 Å². The third kappa shape index (κ3) is 5.84. The van der Waals surface area contributed by atoms with E-state index in [1.807, 2.05) is 0 Å². The SMILES string of the molecule is CCOC(=O)c1sc(N(Cc2ccc(F)cc2)C(=O)c2ccc(OC)c(OC(F)F)c2)nc1C. The fourth-order valence-corrected chi connectivity index (χ4v) is 3.99. The summed E-state index contributed by atoms with van der Waals surface area (Å²) in [5.41, 5.74) is 0.966. The van der Waals surface area contributed by atoms with E-state index < -0.39 is 24.3 Å². The Balaban J connectivity index is 2.03. The van der Waals surface area contributed by atoms with Gasteiger partial charge in [0.1, 0.15) is 10.7 Å². The van der Waals surface area contributed by atoms with Crippen molar-refractivity contribution in [3.05, 3.63) is 70.0 Å². The first-order chi connectivity index (χ1) is 16.2. The Hall–Kier alpha value is -3.60. The maximum atomic E-state index is 13.5. The molecule has 34 heavy (non-hydrogen) atoms. The first kappa shape index (κ1) is 25.0. The van der Waals surface area contributed by atoms with Crippen molar-refractivity contribution >= 4 is 28.3 Å². The summed E-state index contributed by atoms with van der Waals surface area (Å²) in [6.07, 6.45) is 0. The predicted octanol–water partition coefficient (Wildman–Crippen LogP) is 5.22. The molecule has 0 saturated carbocycles. The van der Waals surface area contributed by atoms with E-state index in [1.54, 1.807) is 13.8 Å². The molecule has 0 spiro atoms. The lowest BCUT2D eigenvalue weighted by atomic mass is 10.1. The summed E-state index contributed by atoms with van der Waals surface area (Å²) < 4.78 is 53.6. The van der Waals surface area contributed by atoms with Crippen LogP contribution in [0.3, 0.4) is 0 Å². The van der Waals surface area contributed by atoms with E-state index in [4.69, 9.17) is 9.47 Å². The predicted molar refractivity (Wildman–Crippen MR) is 119 cm³/mol. The maximum absolute atomic E-state index is 13.5. The fraction of sp³-hybridized carbons (Fsp3) is 0.261. The van der Waals surface area contributed by atoms with Crippen LogP contribution in [0.25, 0.3) is 0 Å². The number of thiazole rings is 1. The number of benzene rings is 2. The first-order valence-corrected chi connectivity index (χ1v) is 10.9. The molecular formula is C23H21F3N2O5S. The summed E-state index contributed by atoms with van der Waals surface area (Å²) >= 11 is 0.953. The van der Waals surface area contributed by atoms with Crippen LogP contribution >= 0.6 is 11.3 Å². The zero-order chi connectivity index (χ0) is 24.8. The third-order valence-electron chi connectivity index (χ3n) is 4.60. The van der Waals surface area contributed by atoms with Crippen LogP contribution in [-0.4, -0.2) is 37.2 Å². The van der Waals surface area contributed by atoms with E-state index in [2.05, 4.69) is 9.72 Å². The van der Waals surface area contributed by atoms with Crippen LogP contribution in [0.15, 0.2) is 42.5 Å². The van der Waals surface area contributed by atoms with E-state index in [-0.39, 0.29) is 40.2 Å². The number of esters is 1. The van der Waals surface area contributed by atoms with Crippen molar-refractivity contribution in [1.82, 2.24) is 4.98 Å². The van der Waals surface area contributed by atoms with Crippen molar-refractivity contribution < 1.29 is 37.0 Å². The summed E-state index contributed by atoms with van der Waals surface area (Å²) in [4.78, 5) is 31.6. The number of carbonyl (C=O) groups is 2. The second kappa shape index (κ2) is 11.0. The Morgan fingerprint density at radius 3 is 2.44 bits per heavy atom. The monoisotopic (exact) mass is 494 g/mol. The number of halogens is 3. The van der Waals surface area contributed by atoms with Crippen LogP contribution in [0.2, 0.25) is 0 Å². The molecule has 1 aromatic heterocycles. The topological polar surface area (TPSA) is 78.0 Å². The van der Waals surface area contributed by atoms with Gasteiger partial charge in [0.15, 0.2) is 16.6 Å². The van der Waals surface area contributed by atoms with Crippen LogP contribution in [0, 0.1) is 12.7 Å². The molecule has 0 atom stereocenters. The highest BCUT2D eigenvalue weighted by Gasteiger charge is 2.26. The molecule has 1 amide bonds. The third-order valence-corrected chi connectivity index (χ3v) is 5.76. The number of hydrogen-bond acceptors (Lipinski definition) is 7. The average Bonchev–Trinajstić information content (AvgIpc) is 3.19. The van der Waals surface area contributed by atoms with Crippen molar-refractivity contribution in [2.24, 2.45) is 0 Å². The molecule has 0 fully saturated rings.